The minimum absolute atomic E-state index is 0.0230. The lowest BCUT2D eigenvalue weighted by Gasteiger charge is -1.96. The quantitative estimate of drug-likeness (QED) is 0.363. The average Bonchev–Trinajstić information content (AvgIpc) is 2.95. The molecular formula is C12H10N6O5. The fraction of sp³-hybridized carbons (Fsp3) is 0. The van der Waals surface area contributed by atoms with E-state index in [2.05, 4.69) is 10.2 Å². The van der Waals surface area contributed by atoms with E-state index in [-0.39, 0.29) is 5.69 Å². The maximum absolute atomic E-state index is 10.6. The van der Waals surface area contributed by atoms with Gasteiger partial charge in [0.1, 0.15) is 11.5 Å². The molecule has 0 aliphatic carbocycles. The third-order valence-electron chi connectivity index (χ3n) is 2.55. The monoisotopic (exact) mass is 318 g/mol. The number of hydrazine groups is 1. The Hall–Kier alpha value is -3.76. The highest BCUT2D eigenvalue weighted by Gasteiger charge is 2.07. The summed E-state index contributed by atoms with van der Waals surface area (Å²) < 4.78 is 5.45. The standard InChI is InChI=1S/C12H10N6O5/c13-12(16-18(21)22)15-14-7-10-5-6-11(23-10)8-1-3-9(4-2-8)17(19)20/h1-7H,(H3,13,15,16)/b14-7-. The molecule has 2 aromatic rings. The molecule has 0 radical (unpaired) electrons. The molecule has 11 heteroatoms. The number of nitro groups is 2. The molecule has 11 nitrogen and oxygen atoms in total. The number of rotatable bonds is 5. The molecule has 0 amide bonds. The summed E-state index contributed by atoms with van der Waals surface area (Å²) in [5, 5.41) is 26.7. The highest BCUT2D eigenvalue weighted by atomic mass is 16.7. The number of furan rings is 1. The molecule has 1 heterocycles. The van der Waals surface area contributed by atoms with E-state index in [1.807, 2.05) is 0 Å². The van der Waals surface area contributed by atoms with Crippen molar-refractivity contribution < 1.29 is 14.4 Å². The van der Waals surface area contributed by atoms with Crippen LogP contribution in [0, 0.1) is 20.2 Å². The van der Waals surface area contributed by atoms with Crippen LogP contribution in [0.4, 0.5) is 5.69 Å². The third-order valence-corrected chi connectivity index (χ3v) is 2.55. The van der Waals surface area contributed by atoms with Gasteiger partial charge in [0.25, 0.3) is 11.6 Å². The first kappa shape index (κ1) is 15.6. The summed E-state index contributed by atoms with van der Waals surface area (Å²) in [5.41, 5.74) is 7.42. The van der Waals surface area contributed by atoms with Crippen LogP contribution in [0.25, 0.3) is 11.3 Å². The van der Waals surface area contributed by atoms with Gasteiger partial charge in [0.15, 0.2) is 5.03 Å². The van der Waals surface area contributed by atoms with Crippen molar-refractivity contribution in [3.05, 3.63) is 62.4 Å². The molecule has 0 saturated heterocycles. The number of non-ortho nitro benzene ring substituents is 1. The first-order chi connectivity index (χ1) is 11.0. The first-order valence-electron chi connectivity index (χ1n) is 6.08. The molecule has 0 saturated carbocycles. The van der Waals surface area contributed by atoms with Gasteiger partial charge in [-0.05, 0) is 24.3 Å². The summed E-state index contributed by atoms with van der Waals surface area (Å²) in [5.74, 6) is 0.325. The Bertz CT molecular complexity index is 779. The van der Waals surface area contributed by atoms with Gasteiger partial charge >= 0.3 is 0 Å². The minimum atomic E-state index is -0.867. The zero-order chi connectivity index (χ0) is 16.8. The molecule has 2 rings (SSSR count). The molecule has 0 aliphatic rings. The maximum Gasteiger partial charge on any atom is 0.275 e. The van der Waals surface area contributed by atoms with Crippen LogP contribution in [0.2, 0.25) is 0 Å². The van der Waals surface area contributed by atoms with E-state index in [0.717, 1.165) is 0 Å². The van der Waals surface area contributed by atoms with Crippen LogP contribution < -0.4 is 11.2 Å². The van der Waals surface area contributed by atoms with Crippen molar-refractivity contribution in [1.82, 2.24) is 5.43 Å². The van der Waals surface area contributed by atoms with Crippen molar-refractivity contribution in [2.45, 2.75) is 0 Å². The van der Waals surface area contributed by atoms with Crippen LogP contribution in [0.15, 0.2) is 51.0 Å². The Morgan fingerprint density at radius 3 is 2.48 bits per heavy atom. The predicted molar refractivity (Wildman–Crippen MR) is 80.1 cm³/mol. The van der Waals surface area contributed by atoms with Crippen molar-refractivity contribution in [2.75, 3.05) is 0 Å². The molecule has 23 heavy (non-hydrogen) atoms. The van der Waals surface area contributed by atoms with Crippen molar-refractivity contribution in [1.29, 1.82) is 0 Å². The van der Waals surface area contributed by atoms with E-state index >= 15 is 0 Å². The van der Waals surface area contributed by atoms with Crippen molar-refractivity contribution >= 4 is 17.9 Å². The van der Waals surface area contributed by atoms with Crippen LogP contribution >= 0.6 is 0 Å². The predicted octanol–water partition coefficient (Wildman–Crippen LogP) is 1.28. The van der Waals surface area contributed by atoms with Crippen molar-refractivity contribution in [3.8, 4) is 11.3 Å². The van der Waals surface area contributed by atoms with Gasteiger partial charge in [-0.3, -0.25) is 10.1 Å². The lowest BCUT2D eigenvalue weighted by molar-refractivity contribution is -0.525. The van der Waals surface area contributed by atoms with Gasteiger partial charge in [0.05, 0.1) is 11.1 Å². The van der Waals surface area contributed by atoms with E-state index in [1.165, 1.54) is 18.3 Å². The summed E-state index contributed by atoms with van der Waals surface area (Å²) in [7, 11) is 0. The highest BCUT2D eigenvalue weighted by molar-refractivity contribution is 5.80. The number of guanidine groups is 1. The smallest absolute Gasteiger partial charge is 0.275 e. The zero-order valence-electron chi connectivity index (χ0n) is 11.4. The minimum Gasteiger partial charge on any atom is -0.455 e. The fourth-order valence-corrected chi connectivity index (χ4v) is 1.59. The van der Waals surface area contributed by atoms with E-state index in [1.54, 1.807) is 29.7 Å². The van der Waals surface area contributed by atoms with Crippen LogP contribution in [-0.2, 0) is 0 Å². The van der Waals surface area contributed by atoms with Gasteiger partial charge in [0, 0.05) is 17.7 Å². The number of nitro benzene ring substituents is 1. The number of nitrogens with one attached hydrogen (secondary N) is 1. The first-order valence-corrected chi connectivity index (χ1v) is 6.08. The Labute approximate surface area is 128 Å². The summed E-state index contributed by atoms with van der Waals surface area (Å²) in [6.07, 6.45) is 1.21. The van der Waals surface area contributed by atoms with Crippen LogP contribution in [0.1, 0.15) is 5.76 Å². The zero-order valence-corrected chi connectivity index (χ0v) is 11.4. The van der Waals surface area contributed by atoms with E-state index in [9.17, 15) is 20.2 Å². The molecule has 0 unspecified atom stereocenters. The third kappa shape index (κ3) is 4.35. The van der Waals surface area contributed by atoms with E-state index in [4.69, 9.17) is 10.2 Å². The second-order valence-corrected chi connectivity index (χ2v) is 4.10. The summed E-state index contributed by atoms with van der Waals surface area (Å²) >= 11 is 0. The van der Waals surface area contributed by atoms with E-state index in [0.29, 0.717) is 17.1 Å². The molecule has 0 bridgehead atoms. The SMILES string of the molecule is N/C(=N\N=C/c1ccc(-c2ccc([N+](=O)[O-])cc2)o1)N[N+](=O)[O-]. The van der Waals surface area contributed by atoms with Gasteiger partial charge in [-0.25, -0.2) is 10.1 Å². The molecule has 3 N–H and O–H groups in total. The van der Waals surface area contributed by atoms with Crippen molar-refractivity contribution in [2.24, 2.45) is 15.9 Å². The lowest BCUT2D eigenvalue weighted by atomic mass is 10.1. The molecule has 0 aliphatic heterocycles. The van der Waals surface area contributed by atoms with Gasteiger partial charge in [0.2, 0.25) is 0 Å². The second-order valence-electron chi connectivity index (χ2n) is 4.10. The Morgan fingerprint density at radius 1 is 1.17 bits per heavy atom. The highest BCUT2D eigenvalue weighted by Crippen LogP contribution is 2.23. The summed E-state index contributed by atoms with van der Waals surface area (Å²) in [6, 6.07) is 9.06. The maximum atomic E-state index is 10.6. The topological polar surface area (TPSA) is 162 Å². The Kier molecular flexibility index (Phi) is 4.62. The fourth-order valence-electron chi connectivity index (χ4n) is 1.59. The largest absolute Gasteiger partial charge is 0.455 e. The molecular weight excluding hydrogens is 308 g/mol. The van der Waals surface area contributed by atoms with Gasteiger partial charge in [-0.2, -0.15) is 5.10 Å². The number of hydrogen-bond acceptors (Lipinski definition) is 7. The molecule has 1 aromatic heterocycles. The van der Waals surface area contributed by atoms with Gasteiger partial charge in [-0.15, -0.1) is 5.10 Å². The lowest BCUT2D eigenvalue weighted by Crippen LogP contribution is -2.35. The molecule has 0 spiro atoms. The Morgan fingerprint density at radius 2 is 1.87 bits per heavy atom. The number of hydrogen-bond donors (Lipinski definition) is 2. The summed E-state index contributed by atoms with van der Waals surface area (Å²) in [4.78, 5) is 20.2. The normalized spacial score (nSPS) is 11.6. The molecule has 0 atom stereocenters. The van der Waals surface area contributed by atoms with E-state index < -0.39 is 15.9 Å². The molecule has 1 aromatic carbocycles. The van der Waals surface area contributed by atoms with Gasteiger partial charge in [-0.1, -0.05) is 5.43 Å². The summed E-state index contributed by atoms with van der Waals surface area (Å²) in [6.45, 7) is 0. The molecule has 118 valence electrons. The number of benzene rings is 1. The number of nitrogens with zero attached hydrogens (tertiary/aromatic N) is 4. The van der Waals surface area contributed by atoms with Crippen LogP contribution in [-0.4, -0.2) is 22.1 Å². The Balaban J connectivity index is 2.08. The average molecular weight is 318 g/mol. The van der Waals surface area contributed by atoms with Crippen molar-refractivity contribution in [3.63, 3.8) is 0 Å². The van der Waals surface area contributed by atoms with Crippen LogP contribution in [0.3, 0.4) is 0 Å². The van der Waals surface area contributed by atoms with Crippen LogP contribution in [0.5, 0.6) is 0 Å². The number of nitrogens with two attached hydrogens (primary N) is 1. The van der Waals surface area contributed by atoms with Gasteiger partial charge < -0.3 is 10.2 Å². The molecule has 0 fully saturated rings. The second kappa shape index (κ2) is 6.80.